The molecule has 0 aliphatic carbocycles. The lowest BCUT2D eigenvalue weighted by Gasteiger charge is -2.39. The third kappa shape index (κ3) is 30.8. The second-order valence-corrected chi connectivity index (χ2v) is 23.0. The molecule has 5 amide bonds. The van der Waals surface area contributed by atoms with Gasteiger partial charge in [-0.25, -0.2) is 9.48 Å². The molecule has 2 unspecified atom stereocenters. The monoisotopic (exact) mass is 1340 g/mol. The third-order valence-corrected chi connectivity index (χ3v) is 14.2. The maximum absolute atomic E-state index is 14.1. The van der Waals surface area contributed by atoms with Crippen molar-refractivity contribution < 1.29 is 120 Å². The zero-order chi connectivity index (χ0) is 68.7. The minimum atomic E-state index is -1.88. The van der Waals surface area contributed by atoms with Crippen molar-refractivity contribution in [1.82, 2.24) is 30.5 Å². The van der Waals surface area contributed by atoms with E-state index in [4.69, 9.17) is 66.3 Å². The second kappa shape index (κ2) is 45.4. The molecule has 32 nitrogen and oxygen atoms in total. The molecule has 532 valence electrons. The number of amides is 5. The summed E-state index contributed by atoms with van der Waals surface area (Å²) in [6.07, 6.45) is -5.05. The number of aliphatic carboxylic acids is 1. The predicted octanol–water partition coefficient (Wildman–Crippen LogP) is -0.816. The van der Waals surface area contributed by atoms with Crippen LogP contribution in [0, 0.1) is 11.3 Å². The first-order valence-electron chi connectivity index (χ1n) is 31.5. The number of hydrogen-bond acceptors (Lipinski definition) is 26. The Labute approximate surface area is 548 Å². The summed E-state index contributed by atoms with van der Waals surface area (Å²) in [5.74, 6) is -6.40. The van der Waals surface area contributed by atoms with Crippen LogP contribution < -0.4 is 16.0 Å². The van der Waals surface area contributed by atoms with Crippen molar-refractivity contribution in [2.24, 2.45) is 11.3 Å². The predicted molar refractivity (Wildman–Crippen MR) is 331 cm³/mol. The SMILES string of the molecule is COCCOCCOCCOCCOCCOCCOCCOCCOCCOCCOCCOCCn1cc(CC(C(=O)NC(C(=O)N[C@@H](C)C(=O)Nc2ccc(COC(=O)C(C)(C)C)c(CC[C@@H]3O[C@H](C(=O)O)[C@@H](O)[C@H](O)[C@H]3O)c2)C(C)C)N2C(=O)C=CC2=O)nn1. The average Bonchev–Trinajstić information content (AvgIpc) is 1.31. The number of carbonyl (C=O) groups excluding carboxylic acids is 6. The summed E-state index contributed by atoms with van der Waals surface area (Å²) >= 11 is 0. The van der Waals surface area contributed by atoms with Gasteiger partial charge >= 0.3 is 11.9 Å². The van der Waals surface area contributed by atoms with Gasteiger partial charge in [0.2, 0.25) is 17.7 Å². The van der Waals surface area contributed by atoms with E-state index in [1.54, 1.807) is 60.1 Å². The summed E-state index contributed by atoms with van der Waals surface area (Å²) in [5, 5.41) is 57.0. The van der Waals surface area contributed by atoms with Gasteiger partial charge in [-0.3, -0.25) is 33.7 Å². The van der Waals surface area contributed by atoms with Gasteiger partial charge in [0.25, 0.3) is 11.8 Å². The van der Waals surface area contributed by atoms with Crippen LogP contribution in [0.4, 0.5) is 5.69 Å². The Morgan fingerprint density at radius 1 is 0.606 bits per heavy atom. The quantitative estimate of drug-likeness (QED) is 0.0242. The minimum Gasteiger partial charge on any atom is -0.479 e. The molecule has 1 saturated heterocycles. The molecular formula is C62H99N7O25. The highest BCUT2D eigenvalue weighted by Crippen LogP contribution is 2.28. The number of aromatic nitrogens is 3. The molecule has 8 atom stereocenters. The van der Waals surface area contributed by atoms with Crippen molar-refractivity contribution in [2.45, 2.75) is 123 Å². The summed E-state index contributed by atoms with van der Waals surface area (Å²) in [7, 11) is 1.63. The number of carbonyl (C=O) groups is 7. The number of aryl methyl sites for hydroxylation is 1. The standard InChI is InChI=1S/C62H99N7O25/c1-42(2)52(59(77)63-43(3)57(75)64-46-10-8-45(41-93-61(80)62(4,5)6)44(38-46)9-11-49-53(72)54(73)55(74)56(94-49)60(78)79)65-58(76)48(69-50(70)12-13-51(69)71)39-47-40-68(67-66-47)14-15-82-18-19-84-22-23-86-26-27-88-30-31-90-34-35-92-37-36-91-33-32-89-29-28-87-25-24-85-21-20-83-17-16-81-7/h8,10,12-13,38,40,42-43,48-49,52-56,72-74H,9,11,14-37,39,41H2,1-7H3,(H,63,77)(H,64,75)(H,65,76)(H,78,79)/t43-,48?,49-,52?,53-,54+,55-,56-/m0/s1. The fourth-order valence-corrected chi connectivity index (χ4v) is 8.89. The highest BCUT2D eigenvalue weighted by atomic mass is 16.6. The topological polar surface area (TPSA) is 400 Å². The molecule has 7 N–H and O–H groups in total. The Bertz CT molecular complexity index is 2570. The number of aliphatic hydroxyl groups is 3. The largest absolute Gasteiger partial charge is 0.479 e. The molecule has 4 rings (SSSR count). The number of imide groups is 1. The number of nitrogens with one attached hydrogen (secondary N) is 3. The van der Waals surface area contributed by atoms with E-state index in [2.05, 4.69) is 26.3 Å². The van der Waals surface area contributed by atoms with Gasteiger partial charge < -0.3 is 103 Å². The lowest BCUT2D eigenvalue weighted by Crippen LogP contribution is -2.59. The molecule has 94 heavy (non-hydrogen) atoms. The van der Waals surface area contributed by atoms with Gasteiger partial charge in [0.1, 0.15) is 43.0 Å². The number of benzene rings is 1. The van der Waals surface area contributed by atoms with Gasteiger partial charge in [-0.05, 0) is 69.7 Å². The van der Waals surface area contributed by atoms with Crippen LogP contribution in [0.3, 0.4) is 0 Å². The number of carboxylic acids is 1. The number of hydrogen-bond donors (Lipinski definition) is 7. The summed E-state index contributed by atoms with van der Waals surface area (Å²) < 4.78 is 77.9. The average molecular weight is 1340 g/mol. The maximum Gasteiger partial charge on any atom is 0.335 e. The van der Waals surface area contributed by atoms with Crippen LogP contribution in [0.25, 0.3) is 0 Å². The Morgan fingerprint density at radius 3 is 1.52 bits per heavy atom. The van der Waals surface area contributed by atoms with Gasteiger partial charge in [0.15, 0.2) is 6.10 Å². The van der Waals surface area contributed by atoms with Crippen molar-refractivity contribution in [3.05, 3.63) is 53.4 Å². The summed E-state index contributed by atoms with van der Waals surface area (Å²) in [4.78, 5) is 92.8. The first-order valence-corrected chi connectivity index (χ1v) is 31.5. The summed E-state index contributed by atoms with van der Waals surface area (Å²) in [5.41, 5.74) is 0.639. The number of carboxylic acid groups (broad SMARTS) is 1. The third-order valence-electron chi connectivity index (χ3n) is 14.2. The summed E-state index contributed by atoms with van der Waals surface area (Å²) in [6.45, 7) is 19.8. The van der Waals surface area contributed by atoms with Crippen LogP contribution in [0.2, 0.25) is 0 Å². The van der Waals surface area contributed by atoms with E-state index < -0.39 is 101 Å². The first kappa shape index (κ1) is 80.4. The Hall–Kier alpha value is -6.05. The second-order valence-electron chi connectivity index (χ2n) is 23.0. The van der Waals surface area contributed by atoms with E-state index in [0.29, 0.717) is 150 Å². The number of aliphatic hydroxyl groups excluding tert-OH is 3. The van der Waals surface area contributed by atoms with Gasteiger partial charge in [0.05, 0.1) is 176 Å². The van der Waals surface area contributed by atoms with Crippen molar-refractivity contribution >= 4 is 47.2 Å². The van der Waals surface area contributed by atoms with Gasteiger partial charge in [-0.15, -0.1) is 5.10 Å². The molecule has 0 radical (unpaired) electrons. The smallest absolute Gasteiger partial charge is 0.335 e. The van der Waals surface area contributed by atoms with E-state index in [1.807, 2.05) is 0 Å². The number of ether oxygens (including phenoxy) is 14. The molecular weight excluding hydrogens is 1240 g/mol. The number of rotatable bonds is 52. The molecule has 0 saturated carbocycles. The van der Waals surface area contributed by atoms with E-state index in [0.717, 1.165) is 17.1 Å². The number of anilines is 1. The zero-order valence-corrected chi connectivity index (χ0v) is 55.1. The lowest BCUT2D eigenvalue weighted by atomic mass is 9.91. The van der Waals surface area contributed by atoms with Crippen molar-refractivity contribution in [2.75, 3.05) is 164 Å². The van der Waals surface area contributed by atoms with Crippen LogP contribution in [0.1, 0.15) is 64.8 Å². The highest BCUT2D eigenvalue weighted by Gasteiger charge is 2.47. The van der Waals surface area contributed by atoms with Gasteiger partial charge in [-0.1, -0.05) is 25.1 Å². The first-order chi connectivity index (χ1) is 45.1. The minimum absolute atomic E-state index is 0.0546. The van der Waals surface area contributed by atoms with Crippen LogP contribution in [0.5, 0.6) is 0 Å². The van der Waals surface area contributed by atoms with Crippen molar-refractivity contribution in [3.63, 3.8) is 0 Å². The molecule has 32 heteroatoms. The number of methoxy groups -OCH3 is 1. The van der Waals surface area contributed by atoms with E-state index >= 15 is 0 Å². The Balaban J connectivity index is 1.09. The zero-order valence-electron chi connectivity index (χ0n) is 55.1. The molecule has 2 aromatic rings. The van der Waals surface area contributed by atoms with Crippen LogP contribution in [0.15, 0.2) is 36.5 Å². The van der Waals surface area contributed by atoms with Gasteiger partial charge in [0, 0.05) is 37.6 Å². The number of nitrogens with zero attached hydrogens (tertiary/aromatic N) is 4. The molecule has 3 heterocycles. The fourth-order valence-electron chi connectivity index (χ4n) is 8.89. The molecule has 2 aliphatic rings. The molecule has 1 aromatic carbocycles. The fraction of sp³-hybridized carbons (Fsp3) is 0.726. The van der Waals surface area contributed by atoms with E-state index in [1.165, 1.54) is 17.7 Å². The molecule has 0 spiro atoms. The normalized spacial score (nSPS) is 18.4. The van der Waals surface area contributed by atoms with Crippen molar-refractivity contribution in [3.8, 4) is 0 Å². The van der Waals surface area contributed by atoms with E-state index in [9.17, 15) is 54.0 Å². The highest BCUT2D eigenvalue weighted by molar-refractivity contribution is 6.15. The molecule has 1 aromatic heterocycles. The Morgan fingerprint density at radius 2 is 1.07 bits per heavy atom. The summed E-state index contributed by atoms with van der Waals surface area (Å²) in [6, 6.07) is 0.749. The lowest BCUT2D eigenvalue weighted by molar-refractivity contribution is -0.228. The van der Waals surface area contributed by atoms with Crippen molar-refractivity contribution in [1.29, 1.82) is 0 Å². The van der Waals surface area contributed by atoms with Crippen LogP contribution >= 0.6 is 0 Å². The van der Waals surface area contributed by atoms with Crippen LogP contribution in [-0.2, 0) is 126 Å². The molecule has 2 aliphatic heterocycles. The van der Waals surface area contributed by atoms with E-state index in [-0.39, 0.29) is 57.0 Å². The maximum atomic E-state index is 14.1. The Kier molecular flexibility index (Phi) is 38.8. The van der Waals surface area contributed by atoms with Crippen LogP contribution in [-0.4, -0.2) is 290 Å². The molecule has 1 fully saturated rings. The number of esters is 1. The van der Waals surface area contributed by atoms with Gasteiger partial charge in [-0.2, -0.15) is 0 Å². The molecule has 0 bridgehead atoms.